The van der Waals surface area contributed by atoms with Crippen LogP contribution >= 0.6 is 11.6 Å². The molecule has 0 saturated carbocycles. The van der Waals surface area contributed by atoms with Crippen molar-refractivity contribution >= 4 is 28.9 Å². The van der Waals surface area contributed by atoms with Crippen molar-refractivity contribution in [2.24, 2.45) is 0 Å². The Morgan fingerprint density at radius 2 is 2.31 bits per heavy atom. The number of rotatable bonds is 2. The number of amides is 1. The van der Waals surface area contributed by atoms with Gasteiger partial charge in [-0.3, -0.25) is 4.79 Å². The highest BCUT2D eigenvalue weighted by molar-refractivity contribution is 6.31. The van der Waals surface area contributed by atoms with Crippen LogP contribution in [0.5, 0.6) is 0 Å². The Hall–Kier alpha value is -1.22. The Balaban J connectivity index is 2.41. The van der Waals surface area contributed by atoms with Gasteiger partial charge in [0.1, 0.15) is 0 Å². The van der Waals surface area contributed by atoms with Crippen molar-refractivity contribution < 1.29 is 4.79 Å². The summed E-state index contributed by atoms with van der Waals surface area (Å²) >= 11 is 5.92. The number of fused-ring (bicyclic) bond motifs is 1. The molecule has 0 aliphatic carbocycles. The molecular formula is C12H15ClN2O. The zero-order chi connectivity index (χ0) is 11.7. The van der Waals surface area contributed by atoms with Crippen LogP contribution in [0.25, 0.3) is 0 Å². The van der Waals surface area contributed by atoms with Gasteiger partial charge < -0.3 is 10.2 Å². The second-order valence-electron chi connectivity index (χ2n) is 4.09. The van der Waals surface area contributed by atoms with Gasteiger partial charge >= 0.3 is 0 Å². The molecular weight excluding hydrogens is 224 g/mol. The molecule has 86 valence electrons. The van der Waals surface area contributed by atoms with Crippen LogP contribution in [0.4, 0.5) is 11.4 Å². The summed E-state index contributed by atoms with van der Waals surface area (Å²) in [7, 11) is 0. The summed E-state index contributed by atoms with van der Waals surface area (Å²) in [5.41, 5.74) is 1.86. The molecule has 16 heavy (non-hydrogen) atoms. The minimum Gasteiger partial charge on any atom is -0.358 e. The van der Waals surface area contributed by atoms with Gasteiger partial charge in [0.2, 0.25) is 5.91 Å². The van der Waals surface area contributed by atoms with E-state index >= 15 is 0 Å². The van der Waals surface area contributed by atoms with Crippen LogP contribution in [-0.4, -0.2) is 18.5 Å². The topological polar surface area (TPSA) is 32.3 Å². The van der Waals surface area contributed by atoms with Gasteiger partial charge in [-0.1, -0.05) is 18.5 Å². The monoisotopic (exact) mass is 238 g/mol. The molecule has 3 nitrogen and oxygen atoms in total. The van der Waals surface area contributed by atoms with Crippen molar-refractivity contribution in [3.05, 3.63) is 23.2 Å². The minimum atomic E-state index is 0.0232. The maximum Gasteiger partial charge on any atom is 0.243 e. The third-order valence-corrected chi connectivity index (χ3v) is 3.21. The molecule has 1 aromatic rings. The van der Waals surface area contributed by atoms with E-state index in [1.54, 1.807) is 6.07 Å². The fraction of sp³-hybridized carbons (Fsp3) is 0.417. The lowest BCUT2D eigenvalue weighted by Crippen LogP contribution is -2.43. The van der Waals surface area contributed by atoms with Crippen LogP contribution < -0.4 is 10.2 Å². The average Bonchev–Trinajstić information content (AvgIpc) is 2.26. The molecule has 1 aromatic carbocycles. The molecule has 0 spiro atoms. The third kappa shape index (κ3) is 2.00. The zero-order valence-electron chi connectivity index (χ0n) is 9.46. The number of hydrogen-bond donors (Lipinski definition) is 1. The summed E-state index contributed by atoms with van der Waals surface area (Å²) < 4.78 is 0. The predicted molar refractivity (Wildman–Crippen MR) is 67.2 cm³/mol. The van der Waals surface area contributed by atoms with Crippen molar-refractivity contribution in [2.75, 3.05) is 16.8 Å². The van der Waals surface area contributed by atoms with E-state index in [4.69, 9.17) is 11.6 Å². The lowest BCUT2D eigenvalue weighted by atomic mass is 10.1. The van der Waals surface area contributed by atoms with Gasteiger partial charge in [-0.05, 0) is 31.5 Å². The summed E-state index contributed by atoms with van der Waals surface area (Å²) in [6.07, 6.45) is 1.01. The molecule has 2 rings (SSSR count). The van der Waals surface area contributed by atoms with Crippen molar-refractivity contribution in [1.82, 2.24) is 0 Å². The molecule has 4 heteroatoms. The van der Waals surface area contributed by atoms with Gasteiger partial charge in [0, 0.05) is 11.1 Å². The van der Waals surface area contributed by atoms with Crippen LogP contribution in [-0.2, 0) is 4.79 Å². The van der Waals surface area contributed by atoms with E-state index in [2.05, 4.69) is 24.1 Å². The fourth-order valence-electron chi connectivity index (χ4n) is 1.90. The Bertz CT molecular complexity index is 419. The number of carbonyl (C=O) groups is 1. The first kappa shape index (κ1) is 11.3. The SMILES string of the molecule is CCC(C)N1CC(=O)Nc2cc(Cl)ccc21. The van der Waals surface area contributed by atoms with Gasteiger partial charge in [-0.2, -0.15) is 0 Å². The number of carbonyl (C=O) groups excluding carboxylic acids is 1. The summed E-state index contributed by atoms with van der Waals surface area (Å²) in [6, 6.07) is 5.96. The lowest BCUT2D eigenvalue weighted by molar-refractivity contribution is -0.115. The molecule has 0 saturated heterocycles. The molecule has 1 atom stereocenters. The van der Waals surface area contributed by atoms with E-state index in [1.807, 2.05) is 12.1 Å². The van der Waals surface area contributed by atoms with Gasteiger partial charge in [0.05, 0.1) is 17.9 Å². The second kappa shape index (κ2) is 4.34. The molecule has 1 N–H and O–H groups in total. The van der Waals surface area contributed by atoms with Gasteiger partial charge in [-0.15, -0.1) is 0 Å². The van der Waals surface area contributed by atoms with Crippen LogP contribution in [0.3, 0.4) is 0 Å². The fourth-order valence-corrected chi connectivity index (χ4v) is 2.07. The van der Waals surface area contributed by atoms with Crippen LogP contribution in [0, 0.1) is 0 Å². The first-order chi connectivity index (χ1) is 7.61. The highest BCUT2D eigenvalue weighted by Gasteiger charge is 2.24. The number of anilines is 2. The Kier molecular flexibility index (Phi) is 3.06. The normalized spacial score (nSPS) is 16.7. The van der Waals surface area contributed by atoms with Crippen molar-refractivity contribution in [3.63, 3.8) is 0 Å². The van der Waals surface area contributed by atoms with Crippen LogP contribution in [0.1, 0.15) is 20.3 Å². The molecule has 0 bridgehead atoms. The van der Waals surface area contributed by atoms with E-state index in [-0.39, 0.29) is 5.91 Å². The Morgan fingerprint density at radius 1 is 1.56 bits per heavy atom. The maximum absolute atomic E-state index is 11.6. The number of nitrogens with one attached hydrogen (secondary N) is 1. The summed E-state index contributed by atoms with van der Waals surface area (Å²) in [6.45, 7) is 4.66. The molecule has 0 aromatic heterocycles. The average molecular weight is 239 g/mol. The minimum absolute atomic E-state index is 0.0232. The predicted octanol–water partition coefficient (Wildman–Crippen LogP) is 2.90. The lowest BCUT2D eigenvalue weighted by Gasteiger charge is -2.35. The molecule has 1 aliphatic rings. The number of nitrogens with zero attached hydrogens (tertiary/aromatic N) is 1. The first-order valence-corrected chi connectivity index (χ1v) is 5.85. The number of hydrogen-bond acceptors (Lipinski definition) is 2. The van der Waals surface area contributed by atoms with Crippen molar-refractivity contribution in [3.8, 4) is 0 Å². The van der Waals surface area contributed by atoms with E-state index in [9.17, 15) is 4.79 Å². The molecule has 1 aliphatic heterocycles. The quantitative estimate of drug-likeness (QED) is 0.859. The number of benzene rings is 1. The van der Waals surface area contributed by atoms with Crippen molar-refractivity contribution in [2.45, 2.75) is 26.3 Å². The molecule has 1 unspecified atom stereocenters. The van der Waals surface area contributed by atoms with Crippen LogP contribution in [0.15, 0.2) is 18.2 Å². The van der Waals surface area contributed by atoms with E-state index in [0.29, 0.717) is 17.6 Å². The van der Waals surface area contributed by atoms with Crippen molar-refractivity contribution in [1.29, 1.82) is 0 Å². The third-order valence-electron chi connectivity index (χ3n) is 2.98. The van der Waals surface area contributed by atoms with E-state index < -0.39 is 0 Å². The van der Waals surface area contributed by atoms with Gasteiger partial charge in [-0.25, -0.2) is 0 Å². The summed E-state index contributed by atoms with van der Waals surface area (Å²) in [5.74, 6) is 0.0232. The Labute approximate surface area is 100 Å². The van der Waals surface area contributed by atoms with Gasteiger partial charge in [0.15, 0.2) is 0 Å². The second-order valence-corrected chi connectivity index (χ2v) is 4.53. The highest BCUT2D eigenvalue weighted by Crippen LogP contribution is 2.33. The molecule has 1 heterocycles. The smallest absolute Gasteiger partial charge is 0.243 e. The molecule has 1 amide bonds. The maximum atomic E-state index is 11.6. The number of halogens is 1. The van der Waals surface area contributed by atoms with E-state index in [1.165, 1.54) is 0 Å². The molecule has 0 radical (unpaired) electrons. The highest BCUT2D eigenvalue weighted by atomic mass is 35.5. The first-order valence-electron chi connectivity index (χ1n) is 5.48. The summed E-state index contributed by atoms with van der Waals surface area (Å²) in [4.78, 5) is 13.7. The summed E-state index contributed by atoms with van der Waals surface area (Å²) in [5, 5.41) is 3.49. The van der Waals surface area contributed by atoms with Gasteiger partial charge in [0.25, 0.3) is 0 Å². The van der Waals surface area contributed by atoms with Crippen LogP contribution in [0.2, 0.25) is 5.02 Å². The molecule has 0 fully saturated rings. The van der Waals surface area contributed by atoms with E-state index in [0.717, 1.165) is 17.8 Å². The Morgan fingerprint density at radius 3 is 3.00 bits per heavy atom. The largest absolute Gasteiger partial charge is 0.358 e. The zero-order valence-corrected chi connectivity index (χ0v) is 10.2. The standard InChI is InChI=1S/C12H15ClN2O/c1-3-8(2)15-7-12(16)14-10-6-9(13)4-5-11(10)15/h4-6,8H,3,7H2,1-2H3,(H,14,16).